The number of likely N-dealkylation sites (tertiary alicyclic amines) is 1. The Morgan fingerprint density at radius 3 is 2.15 bits per heavy atom. The number of nitrogens with zero attached hydrogens (tertiary/aromatic N) is 10. The summed E-state index contributed by atoms with van der Waals surface area (Å²) in [5.41, 5.74) is 23.0. The molecule has 2 aliphatic rings. The van der Waals surface area contributed by atoms with Gasteiger partial charge in [0.1, 0.15) is 16.9 Å². The highest BCUT2D eigenvalue weighted by molar-refractivity contribution is 6.07. The van der Waals surface area contributed by atoms with Crippen LogP contribution in [0, 0.1) is 13.8 Å². The largest absolute Gasteiger partial charge is 0.395 e. The van der Waals surface area contributed by atoms with E-state index >= 15 is 0 Å². The molecule has 0 atom stereocenters. The van der Waals surface area contributed by atoms with E-state index in [1.165, 1.54) is 16.9 Å². The van der Waals surface area contributed by atoms with Crippen LogP contribution in [-0.4, -0.2) is 97.5 Å². The van der Waals surface area contributed by atoms with Gasteiger partial charge in [0.25, 0.3) is 11.8 Å². The average molecular weight is 832 g/mol. The van der Waals surface area contributed by atoms with Crippen molar-refractivity contribution in [2.24, 2.45) is 11.5 Å². The average Bonchev–Trinajstić information content (AvgIpc) is 3.98. The van der Waals surface area contributed by atoms with Crippen molar-refractivity contribution in [1.82, 2.24) is 48.5 Å². The molecular formula is C41H49N15O5. The third-order valence-corrected chi connectivity index (χ3v) is 11.7. The SMILES string of the molecule is CCn1nc(C)cc1C(=O)Nc1nc2cc(C(N)=O)cc(CN3CCC34CCOCC4)c2n1C/C=C/Cn1c(NC(=O)c2c(N)c(C)nn2CC)nc2cc(C(N)=O)cnc21. The second-order valence-corrected chi connectivity index (χ2v) is 15.4. The van der Waals surface area contributed by atoms with Crippen LogP contribution in [0.1, 0.15) is 91.8 Å². The highest BCUT2D eigenvalue weighted by atomic mass is 16.5. The number of amides is 4. The van der Waals surface area contributed by atoms with Crippen LogP contribution in [0.25, 0.3) is 22.2 Å². The number of primary amides is 2. The Balaban J connectivity index is 1.17. The third kappa shape index (κ3) is 7.59. The summed E-state index contributed by atoms with van der Waals surface area (Å²) < 4.78 is 12.4. The van der Waals surface area contributed by atoms with Crippen molar-refractivity contribution in [2.45, 2.75) is 85.2 Å². The normalized spacial score (nSPS) is 15.2. The molecule has 8 N–H and O–H groups in total. The number of pyridine rings is 1. The van der Waals surface area contributed by atoms with Crippen LogP contribution in [-0.2, 0) is 37.5 Å². The maximum Gasteiger partial charge on any atom is 0.278 e. The molecule has 0 saturated carbocycles. The summed E-state index contributed by atoms with van der Waals surface area (Å²) in [7, 11) is 0. The fourth-order valence-electron chi connectivity index (χ4n) is 8.38. The van der Waals surface area contributed by atoms with E-state index in [9.17, 15) is 19.2 Å². The van der Waals surface area contributed by atoms with Gasteiger partial charge in [-0.3, -0.25) is 48.6 Å². The molecule has 0 bridgehead atoms. The van der Waals surface area contributed by atoms with Gasteiger partial charge in [-0.2, -0.15) is 10.2 Å². The fourth-order valence-corrected chi connectivity index (χ4v) is 8.38. The number of anilines is 3. The van der Waals surface area contributed by atoms with Crippen LogP contribution in [0.5, 0.6) is 0 Å². The first kappa shape index (κ1) is 40.8. The van der Waals surface area contributed by atoms with Gasteiger partial charge in [0, 0.05) is 69.8 Å². The molecule has 1 aromatic carbocycles. The molecular weight excluding hydrogens is 783 g/mol. The molecule has 0 radical (unpaired) electrons. The predicted molar refractivity (Wildman–Crippen MR) is 227 cm³/mol. The molecule has 6 aromatic rings. The number of benzene rings is 1. The van der Waals surface area contributed by atoms with Gasteiger partial charge in [-0.25, -0.2) is 15.0 Å². The first-order valence-corrected chi connectivity index (χ1v) is 20.3. The minimum absolute atomic E-state index is 0.0131. The smallest absolute Gasteiger partial charge is 0.278 e. The van der Waals surface area contributed by atoms with E-state index in [1.54, 1.807) is 28.3 Å². The zero-order chi connectivity index (χ0) is 43.2. The number of nitrogens with one attached hydrogen (secondary N) is 2. The summed E-state index contributed by atoms with van der Waals surface area (Å²) >= 11 is 0. The monoisotopic (exact) mass is 831 g/mol. The van der Waals surface area contributed by atoms with E-state index in [1.807, 2.05) is 43.6 Å². The lowest BCUT2D eigenvalue weighted by atomic mass is 9.77. The number of imidazole rings is 2. The number of carbonyl (C=O) groups excluding carboxylic acids is 4. The zero-order valence-corrected chi connectivity index (χ0v) is 34.6. The van der Waals surface area contributed by atoms with Crippen molar-refractivity contribution >= 4 is 63.4 Å². The zero-order valence-electron chi connectivity index (χ0n) is 34.6. The Kier molecular flexibility index (Phi) is 10.9. The Bertz CT molecular complexity index is 2750. The number of carbonyl (C=O) groups is 4. The minimum atomic E-state index is -0.673. The molecule has 318 valence electrons. The second-order valence-electron chi connectivity index (χ2n) is 15.4. The summed E-state index contributed by atoms with van der Waals surface area (Å²) in [6, 6.07) is 6.70. The van der Waals surface area contributed by atoms with Gasteiger partial charge in [-0.15, -0.1) is 0 Å². The molecule has 20 nitrogen and oxygen atoms in total. The molecule has 0 unspecified atom stereocenters. The summed E-state index contributed by atoms with van der Waals surface area (Å²) in [6.07, 6.45) is 8.01. The van der Waals surface area contributed by atoms with E-state index in [4.69, 9.17) is 26.9 Å². The van der Waals surface area contributed by atoms with Gasteiger partial charge in [0.15, 0.2) is 5.65 Å². The molecule has 5 aromatic heterocycles. The fraction of sp³-hybridized carbons (Fsp3) is 0.390. The molecule has 2 saturated heterocycles. The van der Waals surface area contributed by atoms with Crippen LogP contribution < -0.4 is 27.8 Å². The Morgan fingerprint density at radius 1 is 0.820 bits per heavy atom. The topological polar surface area (TPSA) is 267 Å². The van der Waals surface area contributed by atoms with E-state index in [-0.39, 0.29) is 47.5 Å². The lowest BCUT2D eigenvalue weighted by Gasteiger charge is -2.55. The molecule has 20 heteroatoms. The van der Waals surface area contributed by atoms with Gasteiger partial charge in [-0.05, 0) is 76.8 Å². The molecule has 0 aliphatic carbocycles. The maximum atomic E-state index is 13.9. The molecule has 2 aliphatic heterocycles. The van der Waals surface area contributed by atoms with Crippen LogP contribution in [0.15, 0.2) is 42.6 Å². The summed E-state index contributed by atoms with van der Waals surface area (Å²) in [4.78, 5) is 68.7. The molecule has 2 fully saturated rings. The standard InChI is InChI=1S/C41H49N15O5/c1-5-55-30(17-23(3)50-55)37(59)48-39-46-28-19-25(34(43)57)18-27(22-52-14-9-41(52)10-15-61-16-11-41)32(28)53(39)12-7-8-13-54-36-29(20-26(21-45-36)35(44)58)47-40(54)49-38(60)33-31(42)24(4)51-56(33)6-2/h7-8,17-21H,5-6,9-16,22,42H2,1-4H3,(H2,43,57)(H2,44,58)(H,46,48,59)(H,47,49,60)/b8-7+. The molecule has 4 amide bonds. The van der Waals surface area contributed by atoms with Gasteiger partial charge >= 0.3 is 0 Å². The van der Waals surface area contributed by atoms with Gasteiger partial charge in [-0.1, -0.05) is 12.2 Å². The lowest BCUT2D eigenvalue weighted by molar-refractivity contribution is -0.0942. The molecule has 8 rings (SSSR count). The number of aryl methyl sites for hydroxylation is 4. The Morgan fingerprint density at radius 2 is 1.48 bits per heavy atom. The summed E-state index contributed by atoms with van der Waals surface area (Å²) in [6.45, 7) is 11.4. The van der Waals surface area contributed by atoms with E-state index < -0.39 is 23.6 Å². The van der Waals surface area contributed by atoms with Crippen molar-refractivity contribution in [2.75, 3.05) is 36.1 Å². The molecule has 61 heavy (non-hydrogen) atoms. The number of fused-ring (bicyclic) bond motifs is 2. The van der Waals surface area contributed by atoms with Crippen molar-refractivity contribution in [3.8, 4) is 0 Å². The van der Waals surface area contributed by atoms with Crippen LogP contribution >= 0.6 is 0 Å². The number of rotatable bonds is 14. The maximum absolute atomic E-state index is 13.9. The number of hydrogen-bond donors (Lipinski definition) is 5. The summed E-state index contributed by atoms with van der Waals surface area (Å²) in [5, 5.41) is 14.7. The Labute approximate surface area is 350 Å². The van der Waals surface area contributed by atoms with Crippen LogP contribution in [0.2, 0.25) is 0 Å². The highest BCUT2D eigenvalue weighted by Gasteiger charge is 2.45. The number of allylic oxidation sites excluding steroid dienone is 2. The number of nitrogens with two attached hydrogens (primary N) is 3. The lowest BCUT2D eigenvalue weighted by Crippen LogP contribution is -2.61. The quantitative estimate of drug-likeness (QED) is 0.0992. The van der Waals surface area contributed by atoms with E-state index in [0.29, 0.717) is 72.2 Å². The number of nitrogen functional groups attached to an aromatic ring is 1. The van der Waals surface area contributed by atoms with Gasteiger partial charge in [0.05, 0.1) is 33.7 Å². The number of ether oxygens (including phenoxy) is 1. The Hall–Kier alpha value is -6.93. The first-order chi connectivity index (χ1) is 29.3. The number of hydrogen-bond acceptors (Lipinski definition) is 12. The second kappa shape index (κ2) is 16.3. The molecule has 1 spiro atoms. The van der Waals surface area contributed by atoms with E-state index in [0.717, 1.165) is 36.9 Å². The third-order valence-electron chi connectivity index (χ3n) is 11.7. The van der Waals surface area contributed by atoms with Crippen LogP contribution in [0.4, 0.5) is 17.6 Å². The van der Waals surface area contributed by atoms with Gasteiger partial charge < -0.3 is 26.5 Å². The van der Waals surface area contributed by atoms with Crippen LogP contribution in [0.3, 0.4) is 0 Å². The summed E-state index contributed by atoms with van der Waals surface area (Å²) in [5.74, 6) is -1.75. The van der Waals surface area contributed by atoms with Crippen molar-refractivity contribution < 1.29 is 23.9 Å². The number of aromatic nitrogens is 9. The predicted octanol–water partition coefficient (Wildman–Crippen LogP) is 3.13. The van der Waals surface area contributed by atoms with Crippen molar-refractivity contribution in [1.29, 1.82) is 0 Å². The highest BCUT2D eigenvalue weighted by Crippen LogP contribution is 2.41. The first-order valence-electron chi connectivity index (χ1n) is 20.3. The van der Waals surface area contributed by atoms with Crippen molar-refractivity contribution in [3.63, 3.8) is 0 Å². The van der Waals surface area contributed by atoms with Gasteiger partial charge in [0.2, 0.25) is 23.7 Å². The van der Waals surface area contributed by atoms with Crippen molar-refractivity contribution in [3.05, 3.63) is 82.1 Å². The minimum Gasteiger partial charge on any atom is -0.395 e. The van der Waals surface area contributed by atoms with E-state index in [2.05, 4.69) is 35.7 Å². The molecule has 7 heterocycles.